The van der Waals surface area contributed by atoms with Gasteiger partial charge in [-0.15, -0.1) is 0 Å². The molecule has 0 saturated carbocycles. The fraction of sp³-hybridized carbons (Fsp3) is 0.100. The first-order chi connectivity index (χ1) is 13.4. The molecule has 1 aromatic heterocycles. The van der Waals surface area contributed by atoms with Crippen LogP contribution in [0.15, 0.2) is 59.0 Å². The van der Waals surface area contributed by atoms with E-state index in [0.717, 1.165) is 0 Å². The van der Waals surface area contributed by atoms with Gasteiger partial charge in [0.15, 0.2) is 5.76 Å². The van der Waals surface area contributed by atoms with Gasteiger partial charge in [-0.2, -0.15) is 0 Å². The van der Waals surface area contributed by atoms with E-state index in [1.807, 2.05) is 0 Å². The number of carbonyl (C=O) groups is 2. The third kappa shape index (κ3) is 5.06. The second-order valence-electron chi connectivity index (χ2n) is 5.82. The smallest absolute Gasteiger partial charge is 0.291 e. The van der Waals surface area contributed by atoms with Crippen molar-refractivity contribution in [2.24, 2.45) is 0 Å². The zero-order valence-electron chi connectivity index (χ0n) is 14.8. The number of hydrogen-bond acceptors (Lipinski definition) is 4. The van der Waals surface area contributed by atoms with E-state index in [4.69, 9.17) is 32.4 Å². The van der Waals surface area contributed by atoms with Crippen molar-refractivity contribution in [1.82, 2.24) is 0 Å². The van der Waals surface area contributed by atoms with Gasteiger partial charge in [0, 0.05) is 18.3 Å². The van der Waals surface area contributed by atoms with E-state index in [-0.39, 0.29) is 18.3 Å². The van der Waals surface area contributed by atoms with E-state index in [2.05, 4.69) is 10.6 Å². The summed E-state index contributed by atoms with van der Waals surface area (Å²) in [7, 11) is 0. The summed E-state index contributed by atoms with van der Waals surface area (Å²) in [5.74, 6) is 0.459. The highest BCUT2D eigenvalue weighted by atomic mass is 35.5. The van der Waals surface area contributed by atoms with E-state index in [1.165, 1.54) is 6.92 Å². The maximum absolute atomic E-state index is 12.3. The van der Waals surface area contributed by atoms with Gasteiger partial charge >= 0.3 is 0 Å². The summed E-state index contributed by atoms with van der Waals surface area (Å²) in [4.78, 5) is 23.3. The van der Waals surface area contributed by atoms with Crippen molar-refractivity contribution in [1.29, 1.82) is 0 Å². The van der Waals surface area contributed by atoms with Crippen LogP contribution in [0, 0.1) is 0 Å². The monoisotopic (exact) mass is 418 g/mol. The standard InChI is InChI=1S/C20H16Cl2N2O4/c1-12(25)23-13-5-7-14(8-6-13)24-20(26)18-10-9-15(28-18)11-27-17-4-2-3-16(21)19(17)22/h2-10H,11H2,1H3,(H,23,25)(H,24,26). The van der Waals surface area contributed by atoms with Gasteiger partial charge in [0.1, 0.15) is 23.1 Å². The minimum absolute atomic E-state index is 0.0960. The molecule has 0 atom stereocenters. The van der Waals surface area contributed by atoms with Crippen LogP contribution in [-0.4, -0.2) is 11.8 Å². The van der Waals surface area contributed by atoms with Crippen molar-refractivity contribution in [2.45, 2.75) is 13.5 Å². The van der Waals surface area contributed by atoms with Crippen LogP contribution < -0.4 is 15.4 Å². The van der Waals surface area contributed by atoms with Crippen LogP contribution in [-0.2, 0) is 11.4 Å². The summed E-state index contributed by atoms with van der Waals surface area (Å²) in [5, 5.41) is 6.08. The molecule has 0 saturated heterocycles. The molecule has 0 aliphatic heterocycles. The number of halogens is 2. The van der Waals surface area contributed by atoms with Crippen molar-refractivity contribution in [3.05, 3.63) is 76.2 Å². The minimum atomic E-state index is -0.403. The van der Waals surface area contributed by atoms with Gasteiger partial charge in [0.05, 0.1) is 5.02 Å². The molecule has 2 aromatic carbocycles. The lowest BCUT2D eigenvalue weighted by atomic mass is 10.2. The predicted molar refractivity (Wildman–Crippen MR) is 108 cm³/mol. The van der Waals surface area contributed by atoms with Crippen LogP contribution in [0.25, 0.3) is 0 Å². The normalized spacial score (nSPS) is 10.4. The van der Waals surface area contributed by atoms with Gasteiger partial charge in [-0.1, -0.05) is 29.3 Å². The van der Waals surface area contributed by atoms with Crippen LogP contribution in [0.4, 0.5) is 11.4 Å². The summed E-state index contributed by atoms with van der Waals surface area (Å²) >= 11 is 12.0. The fourth-order valence-electron chi connectivity index (χ4n) is 2.35. The highest BCUT2D eigenvalue weighted by Gasteiger charge is 2.13. The van der Waals surface area contributed by atoms with Gasteiger partial charge in [-0.25, -0.2) is 0 Å². The second kappa shape index (κ2) is 8.82. The number of rotatable bonds is 6. The van der Waals surface area contributed by atoms with Crippen molar-refractivity contribution < 1.29 is 18.7 Å². The van der Waals surface area contributed by atoms with Crippen LogP contribution >= 0.6 is 23.2 Å². The lowest BCUT2D eigenvalue weighted by Gasteiger charge is -2.07. The van der Waals surface area contributed by atoms with E-state index in [9.17, 15) is 9.59 Å². The van der Waals surface area contributed by atoms with Gasteiger partial charge in [-0.3, -0.25) is 9.59 Å². The first-order valence-electron chi connectivity index (χ1n) is 8.27. The van der Waals surface area contributed by atoms with Crippen LogP contribution in [0.1, 0.15) is 23.2 Å². The Kier molecular flexibility index (Phi) is 6.23. The molecule has 3 rings (SSSR count). The number of anilines is 2. The molecule has 28 heavy (non-hydrogen) atoms. The van der Waals surface area contributed by atoms with Gasteiger partial charge in [0.25, 0.3) is 5.91 Å². The molecule has 0 fully saturated rings. The number of furan rings is 1. The highest BCUT2D eigenvalue weighted by molar-refractivity contribution is 6.42. The first kappa shape index (κ1) is 19.8. The molecule has 1 heterocycles. The van der Waals surface area contributed by atoms with Gasteiger partial charge in [-0.05, 0) is 48.5 Å². The number of carbonyl (C=O) groups excluding carboxylic acids is 2. The molecule has 2 N–H and O–H groups in total. The Balaban J connectivity index is 1.59. The minimum Gasteiger partial charge on any atom is -0.484 e. The Hall–Kier alpha value is -2.96. The Labute approximate surface area is 171 Å². The van der Waals surface area contributed by atoms with Crippen molar-refractivity contribution in [2.75, 3.05) is 10.6 Å². The average molecular weight is 419 g/mol. The number of hydrogen-bond donors (Lipinski definition) is 2. The number of amides is 2. The lowest BCUT2D eigenvalue weighted by molar-refractivity contribution is -0.114. The number of nitrogens with one attached hydrogen (secondary N) is 2. The number of benzene rings is 2. The zero-order chi connectivity index (χ0) is 20.1. The molecule has 0 aliphatic rings. The fourth-order valence-corrected chi connectivity index (χ4v) is 2.70. The third-order valence-electron chi connectivity index (χ3n) is 3.63. The van der Waals surface area contributed by atoms with Crippen molar-refractivity contribution >= 4 is 46.4 Å². The summed E-state index contributed by atoms with van der Waals surface area (Å²) in [5.41, 5.74) is 1.21. The quantitative estimate of drug-likeness (QED) is 0.563. The predicted octanol–water partition coefficient (Wildman–Crippen LogP) is 5.38. The molecule has 0 radical (unpaired) electrons. The molecule has 2 amide bonds. The molecule has 8 heteroatoms. The molecule has 0 aliphatic carbocycles. The highest BCUT2D eigenvalue weighted by Crippen LogP contribution is 2.32. The van der Waals surface area contributed by atoms with Crippen LogP contribution in [0.3, 0.4) is 0 Å². The topological polar surface area (TPSA) is 80.6 Å². The summed E-state index contributed by atoms with van der Waals surface area (Å²) in [6, 6.07) is 15.0. The molecule has 6 nitrogen and oxygen atoms in total. The maximum Gasteiger partial charge on any atom is 0.291 e. The molecule has 3 aromatic rings. The van der Waals surface area contributed by atoms with Gasteiger partial charge in [0.2, 0.25) is 5.91 Å². The largest absolute Gasteiger partial charge is 0.484 e. The molecule has 0 spiro atoms. The summed E-state index contributed by atoms with van der Waals surface area (Å²) in [6.07, 6.45) is 0. The van der Waals surface area contributed by atoms with Crippen molar-refractivity contribution in [3.63, 3.8) is 0 Å². The molecule has 0 bridgehead atoms. The SMILES string of the molecule is CC(=O)Nc1ccc(NC(=O)c2ccc(COc3cccc(Cl)c3Cl)o2)cc1. The Morgan fingerprint density at radius 1 is 0.964 bits per heavy atom. The van der Waals surface area contributed by atoms with Crippen LogP contribution in [0.5, 0.6) is 5.75 Å². The molecular formula is C20H16Cl2N2O4. The average Bonchev–Trinajstić information content (AvgIpc) is 3.13. The number of ether oxygens (including phenoxy) is 1. The Morgan fingerprint density at radius 2 is 1.64 bits per heavy atom. The Morgan fingerprint density at radius 3 is 2.32 bits per heavy atom. The maximum atomic E-state index is 12.3. The van der Waals surface area contributed by atoms with E-state index < -0.39 is 5.91 Å². The third-order valence-corrected chi connectivity index (χ3v) is 4.44. The van der Waals surface area contributed by atoms with E-state index >= 15 is 0 Å². The molecule has 0 unspecified atom stereocenters. The summed E-state index contributed by atoms with van der Waals surface area (Å²) < 4.78 is 11.1. The van der Waals surface area contributed by atoms with Crippen LogP contribution in [0.2, 0.25) is 10.0 Å². The second-order valence-corrected chi connectivity index (χ2v) is 6.60. The zero-order valence-corrected chi connectivity index (χ0v) is 16.3. The van der Waals surface area contributed by atoms with E-state index in [0.29, 0.717) is 32.9 Å². The lowest BCUT2D eigenvalue weighted by Crippen LogP contribution is -2.11. The molecular weight excluding hydrogens is 403 g/mol. The summed E-state index contributed by atoms with van der Waals surface area (Å²) in [6.45, 7) is 1.52. The first-order valence-corrected chi connectivity index (χ1v) is 9.02. The van der Waals surface area contributed by atoms with Crippen molar-refractivity contribution in [3.8, 4) is 5.75 Å². The molecule has 144 valence electrons. The van der Waals surface area contributed by atoms with Gasteiger partial charge < -0.3 is 19.8 Å². The van der Waals surface area contributed by atoms with E-state index in [1.54, 1.807) is 54.6 Å². The Bertz CT molecular complexity index is 1000.